The van der Waals surface area contributed by atoms with Crippen molar-refractivity contribution in [2.45, 2.75) is 13.8 Å². The number of carbonyl (C=O) groups excluding carboxylic acids is 1. The SMILES string of the molecule is CCOc1ccc(-c2nc(C(=O)N(C)CC)cs2)cc1OC. The second-order valence-corrected chi connectivity index (χ2v) is 5.51. The van der Waals surface area contributed by atoms with E-state index in [4.69, 9.17) is 9.47 Å². The minimum absolute atomic E-state index is 0.0668. The van der Waals surface area contributed by atoms with Crippen LogP contribution in [0.3, 0.4) is 0 Å². The summed E-state index contributed by atoms with van der Waals surface area (Å²) in [5.74, 6) is 1.29. The maximum atomic E-state index is 12.1. The molecule has 0 aliphatic rings. The highest BCUT2D eigenvalue weighted by Crippen LogP contribution is 2.33. The zero-order valence-electron chi connectivity index (χ0n) is 13.3. The Morgan fingerprint density at radius 1 is 1.32 bits per heavy atom. The maximum absolute atomic E-state index is 12.1. The average molecular weight is 320 g/mol. The summed E-state index contributed by atoms with van der Waals surface area (Å²) in [6, 6.07) is 5.66. The summed E-state index contributed by atoms with van der Waals surface area (Å²) < 4.78 is 10.9. The van der Waals surface area contributed by atoms with Gasteiger partial charge in [-0.25, -0.2) is 4.98 Å². The number of benzene rings is 1. The normalized spacial score (nSPS) is 10.4. The van der Waals surface area contributed by atoms with Crippen molar-refractivity contribution in [3.05, 3.63) is 29.3 Å². The molecule has 2 aromatic rings. The predicted octanol–water partition coefficient (Wildman–Crippen LogP) is 3.31. The molecular formula is C16H20N2O3S. The lowest BCUT2D eigenvalue weighted by atomic mass is 10.2. The van der Waals surface area contributed by atoms with Gasteiger partial charge in [-0.2, -0.15) is 0 Å². The van der Waals surface area contributed by atoms with E-state index < -0.39 is 0 Å². The van der Waals surface area contributed by atoms with Crippen LogP contribution in [0.25, 0.3) is 10.6 Å². The van der Waals surface area contributed by atoms with Gasteiger partial charge in [0.2, 0.25) is 0 Å². The van der Waals surface area contributed by atoms with Gasteiger partial charge in [0, 0.05) is 24.5 Å². The molecule has 0 aliphatic carbocycles. The van der Waals surface area contributed by atoms with Crippen LogP contribution < -0.4 is 9.47 Å². The molecule has 118 valence electrons. The minimum atomic E-state index is -0.0668. The van der Waals surface area contributed by atoms with Gasteiger partial charge in [0.15, 0.2) is 11.5 Å². The summed E-state index contributed by atoms with van der Waals surface area (Å²) >= 11 is 1.44. The van der Waals surface area contributed by atoms with Crippen LogP contribution in [0, 0.1) is 0 Å². The van der Waals surface area contributed by atoms with Gasteiger partial charge in [-0.15, -0.1) is 11.3 Å². The fraction of sp³-hybridized carbons (Fsp3) is 0.375. The Hall–Kier alpha value is -2.08. The van der Waals surface area contributed by atoms with Crippen molar-refractivity contribution in [3.8, 4) is 22.1 Å². The first-order valence-electron chi connectivity index (χ1n) is 7.12. The lowest BCUT2D eigenvalue weighted by Gasteiger charge is -2.12. The number of ether oxygens (including phenoxy) is 2. The number of methoxy groups -OCH3 is 1. The molecule has 0 atom stereocenters. The van der Waals surface area contributed by atoms with Gasteiger partial charge in [-0.1, -0.05) is 0 Å². The Bertz CT molecular complexity index is 655. The Morgan fingerprint density at radius 2 is 2.09 bits per heavy atom. The van der Waals surface area contributed by atoms with Crippen LogP contribution in [-0.2, 0) is 0 Å². The third kappa shape index (κ3) is 3.39. The van der Waals surface area contributed by atoms with Gasteiger partial charge < -0.3 is 14.4 Å². The summed E-state index contributed by atoms with van der Waals surface area (Å²) in [6.07, 6.45) is 0. The van der Waals surface area contributed by atoms with Crippen molar-refractivity contribution in [2.24, 2.45) is 0 Å². The largest absolute Gasteiger partial charge is 0.493 e. The van der Waals surface area contributed by atoms with Crippen molar-refractivity contribution < 1.29 is 14.3 Å². The number of nitrogens with zero attached hydrogens (tertiary/aromatic N) is 2. The first-order valence-corrected chi connectivity index (χ1v) is 8.00. The summed E-state index contributed by atoms with van der Waals surface area (Å²) in [6.45, 7) is 5.09. The Morgan fingerprint density at radius 3 is 2.73 bits per heavy atom. The van der Waals surface area contributed by atoms with Crippen molar-refractivity contribution in [1.29, 1.82) is 0 Å². The second-order valence-electron chi connectivity index (χ2n) is 4.66. The lowest BCUT2D eigenvalue weighted by molar-refractivity contribution is 0.0797. The third-order valence-corrected chi connectivity index (χ3v) is 4.15. The van der Waals surface area contributed by atoms with E-state index in [0.29, 0.717) is 30.3 Å². The molecule has 0 radical (unpaired) electrons. The molecule has 5 nitrogen and oxygen atoms in total. The molecule has 1 amide bonds. The Balaban J connectivity index is 2.29. The van der Waals surface area contributed by atoms with Crippen LogP contribution >= 0.6 is 11.3 Å². The van der Waals surface area contributed by atoms with Crippen LogP contribution in [-0.4, -0.2) is 43.1 Å². The van der Waals surface area contributed by atoms with Crippen molar-refractivity contribution in [2.75, 3.05) is 27.3 Å². The molecule has 22 heavy (non-hydrogen) atoms. The summed E-state index contributed by atoms with van der Waals surface area (Å²) in [5.41, 5.74) is 1.38. The fourth-order valence-electron chi connectivity index (χ4n) is 1.92. The van der Waals surface area contributed by atoms with Crippen molar-refractivity contribution >= 4 is 17.2 Å². The van der Waals surface area contributed by atoms with Crippen LogP contribution in [0.15, 0.2) is 23.6 Å². The third-order valence-electron chi connectivity index (χ3n) is 3.25. The number of rotatable bonds is 6. The van der Waals surface area contributed by atoms with E-state index in [1.54, 1.807) is 24.4 Å². The van der Waals surface area contributed by atoms with Crippen LogP contribution in [0.2, 0.25) is 0 Å². The van der Waals surface area contributed by atoms with Crippen LogP contribution in [0.4, 0.5) is 0 Å². The summed E-state index contributed by atoms with van der Waals surface area (Å²) in [5, 5.41) is 2.57. The number of carbonyl (C=O) groups is 1. The molecule has 0 saturated carbocycles. The van der Waals surface area contributed by atoms with Crippen LogP contribution in [0.5, 0.6) is 11.5 Å². The number of hydrogen-bond acceptors (Lipinski definition) is 5. The van der Waals surface area contributed by atoms with Crippen molar-refractivity contribution in [3.63, 3.8) is 0 Å². The highest BCUT2D eigenvalue weighted by Gasteiger charge is 2.16. The zero-order valence-corrected chi connectivity index (χ0v) is 14.1. The molecule has 0 saturated heterocycles. The number of thiazole rings is 1. The molecule has 6 heteroatoms. The molecule has 0 fully saturated rings. The lowest BCUT2D eigenvalue weighted by Crippen LogP contribution is -2.26. The molecular weight excluding hydrogens is 300 g/mol. The predicted molar refractivity (Wildman–Crippen MR) is 87.9 cm³/mol. The standard InChI is InChI=1S/C16H20N2O3S/c1-5-18(3)16(19)12-10-22-15(17-12)11-7-8-13(21-6-2)14(9-11)20-4/h7-10H,5-6H2,1-4H3. The number of hydrogen-bond donors (Lipinski definition) is 0. The van der Waals surface area contributed by atoms with Crippen molar-refractivity contribution in [1.82, 2.24) is 9.88 Å². The van der Waals surface area contributed by atoms with Gasteiger partial charge in [0.25, 0.3) is 5.91 Å². The molecule has 1 aromatic carbocycles. The molecule has 0 bridgehead atoms. The van der Waals surface area contributed by atoms with Gasteiger partial charge >= 0.3 is 0 Å². The maximum Gasteiger partial charge on any atom is 0.273 e. The van der Waals surface area contributed by atoms with E-state index in [-0.39, 0.29) is 5.91 Å². The molecule has 0 spiro atoms. The Kier molecular flexibility index (Phi) is 5.38. The molecule has 0 aliphatic heterocycles. The van der Waals surface area contributed by atoms with Gasteiger partial charge in [0.1, 0.15) is 10.7 Å². The monoisotopic (exact) mass is 320 g/mol. The Labute approximate surface area is 134 Å². The van der Waals surface area contributed by atoms with Gasteiger partial charge in [0.05, 0.1) is 13.7 Å². The van der Waals surface area contributed by atoms with Crippen LogP contribution in [0.1, 0.15) is 24.3 Å². The molecule has 2 rings (SSSR count). The van der Waals surface area contributed by atoms with E-state index in [2.05, 4.69) is 4.98 Å². The fourth-order valence-corrected chi connectivity index (χ4v) is 2.71. The summed E-state index contributed by atoms with van der Waals surface area (Å²) in [4.78, 5) is 18.2. The quantitative estimate of drug-likeness (QED) is 0.819. The average Bonchev–Trinajstić information content (AvgIpc) is 3.04. The number of aromatic nitrogens is 1. The van der Waals surface area contributed by atoms with E-state index in [0.717, 1.165) is 10.6 Å². The smallest absolute Gasteiger partial charge is 0.273 e. The van der Waals surface area contributed by atoms with Gasteiger partial charge in [-0.3, -0.25) is 4.79 Å². The second kappa shape index (κ2) is 7.26. The number of amides is 1. The van der Waals surface area contributed by atoms with E-state index >= 15 is 0 Å². The zero-order chi connectivity index (χ0) is 16.1. The minimum Gasteiger partial charge on any atom is -0.493 e. The summed E-state index contributed by atoms with van der Waals surface area (Å²) in [7, 11) is 3.37. The highest BCUT2D eigenvalue weighted by molar-refractivity contribution is 7.13. The topological polar surface area (TPSA) is 51.7 Å². The molecule has 1 heterocycles. The molecule has 0 unspecified atom stereocenters. The van der Waals surface area contributed by atoms with E-state index in [1.165, 1.54) is 11.3 Å². The first kappa shape index (κ1) is 16.3. The molecule has 0 N–H and O–H groups in total. The van der Waals surface area contributed by atoms with E-state index in [9.17, 15) is 4.79 Å². The highest BCUT2D eigenvalue weighted by atomic mass is 32.1. The molecule has 1 aromatic heterocycles. The first-order chi connectivity index (χ1) is 10.6. The van der Waals surface area contributed by atoms with Gasteiger partial charge in [-0.05, 0) is 32.0 Å². The van der Waals surface area contributed by atoms with E-state index in [1.807, 2.05) is 32.0 Å².